The minimum absolute atomic E-state index is 0.0951. The number of nitrogens with one attached hydrogen (secondary N) is 3. The molecular weight excluding hydrogens is 280 g/mol. The first kappa shape index (κ1) is 15.3. The number of fused-ring (bicyclic) bond motifs is 1. The lowest BCUT2D eigenvalue weighted by atomic mass is 9.93. The van der Waals surface area contributed by atoms with Gasteiger partial charge in [-0.15, -0.1) is 0 Å². The number of aliphatic hydroxyl groups is 1. The Kier molecular flexibility index (Phi) is 4.97. The van der Waals surface area contributed by atoms with E-state index in [9.17, 15) is 9.90 Å². The monoisotopic (exact) mass is 306 g/mol. The Morgan fingerprint density at radius 1 is 1.27 bits per heavy atom. The summed E-state index contributed by atoms with van der Waals surface area (Å²) in [6.07, 6.45) is 10.0. The Hall–Kier alpha value is -1.56. The molecule has 3 atom stereocenters. The minimum Gasteiger partial charge on any atom is -0.396 e. The van der Waals surface area contributed by atoms with Gasteiger partial charge in [0.2, 0.25) is 0 Å². The molecule has 2 aliphatic carbocycles. The summed E-state index contributed by atoms with van der Waals surface area (Å²) in [7, 11) is 0. The SMILES string of the molecule is O=C(NC1CCc2[nH]ncc2C1)NC1CCCCCC1CO. The second-order valence-corrected chi connectivity index (χ2v) is 6.62. The molecule has 6 heteroatoms. The molecule has 1 fully saturated rings. The largest absolute Gasteiger partial charge is 0.396 e. The van der Waals surface area contributed by atoms with Crippen molar-refractivity contribution in [3.05, 3.63) is 17.5 Å². The van der Waals surface area contributed by atoms with Crippen LogP contribution in [0, 0.1) is 5.92 Å². The van der Waals surface area contributed by atoms with Crippen LogP contribution in [0.15, 0.2) is 6.20 Å². The van der Waals surface area contributed by atoms with Crippen molar-refractivity contribution < 1.29 is 9.90 Å². The first-order valence-electron chi connectivity index (χ1n) is 8.45. The van der Waals surface area contributed by atoms with E-state index in [2.05, 4.69) is 20.8 Å². The highest BCUT2D eigenvalue weighted by atomic mass is 16.3. The molecule has 6 nitrogen and oxygen atoms in total. The van der Waals surface area contributed by atoms with E-state index in [1.165, 1.54) is 17.7 Å². The summed E-state index contributed by atoms with van der Waals surface area (Å²) in [6.45, 7) is 0.159. The van der Waals surface area contributed by atoms with Gasteiger partial charge in [-0.05, 0) is 37.7 Å². The van der Waals surface area contributed by atoms with Crippen molar-refractivity contribution in [2.24, 2.45) is 5.92 Å². The third-order valence-corrected chi connectivity index (χ3v) is 5.06. The van der Waals surface area contributed by atoms with E-state index < -0.39 is 0 Å². The normalized spacial score (nSPS) is 28.5. The van der Waals surface area contributed by atoms with Crippen molar-refractivity contribution in [1.82, 2.24) is 20.8 Å². The predicted molar refractivity (Wildman–Crippen MR) is 83.5 cm³/mol. The van der Waals surface area contributed by atoms with Crippen LogP contribution in [-0.2, 0) is 12.8 Å². The fourth-order valence-corrected chi connectivity index (χ4v) is 3.73. The molecule has 122 valence electrons. The highest BCUT2D eigenvalue weighted by Crippen LogP contribution is 2.23. The van der Waals surface area contributed by atoms with E-state index in [0.29, 0.717) is 0 Å². The van der Waals surface area contributed by atoms with E-state index >= 15 is 0 Å². The number of rotatable bonds is 3. The summed E-state index contributed by atoms with van der Waals surface area (Å²) in [5.74, 6) is 0.195. The zero-order valence-corrected chi connectivity index (χ0v) is 13.0. The van der Waals surface area contributed by atoms with E-state index in [1.54, 1.807) is 0 Å². The van der Waals surface area contributed by atoms with Gasteiger partial charge in [-0.2, -0.15) is 5.10 Å². The molecule has 1 saturated carbocycles. The number of nitrogens with zero attached hydrogens (tertiary/aromatic N) is 1. The van der Waals surface area contributed by atoms with Gasteiger partial charge < -0.3 is 15.7 Å². The fraction of sp³-hybridized carbons (Fsp3) is 0.750. The average molecular weight is 306 g/mol. The van der Waals surface area contributed by atoms with Gasteiger partial charge >= 0.3 is 6.03 Å². The van der Waals surface area contributed by atoms with Crippen molar-refractivity contribution in [3.63, 3.8) is 0 Å². The number of carbonyl (C=O) groups is 1. The van der Waals surface area contributed by atoms with Crippen LogP contribution in [0.1, 0.15) is 49.8 Å². The zero-order valence-electron chi connectivity index (χ0n) is 13.0. The molecule has 0 aromatic carbocycles. The average Bonchev–Trinajstić information content (AvgIpc) is 2.86. The van der Waals surface area contributed by atoms with Crippen molar-refractivity contribution in [1.29, 1.82) is 0 Å². The van der Waals surface area contributed by atoms with Gasteiger partial charge in [0.25, 0.3) is 0 Å². The van der Waals surface area contributed by atoms with Gasteiger partial charge in [0, 0.05) is 30.3 Å². The number of H-pyrrole nitrogens is 1. The lowest BCUT2D eigenvalue weighted by Gasteiger charge is -2.27. The van der Waals surface area contributed by atoms with Crippen LogP contribution in [0.4, 0.5) is 4.79 Å². The van der Waals surface area contributed by atoms with Crippen LogP contribution < -0.4 is 10.6 Å². The second kappa shape index (κ2) is 7.13. The van der Waals surface area contributed by atoms with Crippen LogP contribution in [0.2, 0.25) is 0 Å². The smallest absolute Gasteiger partial charge is 0.315 e. The van der Waals surface area contributed by atoms with Gasteiger partial charge in [-0.25, -0.2) is 4.79 Å². The Bertz CT molecular complexity index is 502. The maximum Gasteiger partial charge on any atom is 0.315 e. The third-order valence-electron chi connectivity index (χ3n) is 5.06. The van der Waals surface area contributed by atoms with Crippen LogP contribution in [0.5, 0.6) is 0 Å². The number of hydrogen-bond donors (Lipinski definition) is 4. The quantitative estimate of drug-likeness (QED) is 0.638. The molecule has 1 aromatic heterocycles. The zero-order chi connectivity index (χ0) is 15.4. The summed E-state index contributed by atoms with van der Waals surface area (Å²) in [5, 5.41) is 22.8. The van der Waals surface area contributed by atoms with E-state index in [4.69, 9.17) is 0 Å². The molecule has 3 rings (SSSR count). The number of amides is 2. The topological polar surface area (TPSA) is 90.0 Å². The van der Waals surface area contributed by atoms with Crippen molar-refractivity contribution in [3.8, 4) is 0 Å². The maximum absolute atomic E-state index is 12.3. The Balaban J connectivity index is 1.51. The first-order chi connectivity index (χ1) is 10.8. The van der Waals surface area contributed by atoms with Gasteiger partial charge in [0.15, 0.2) is 0 Å². The summed E-state index contributed by atoms with van der Waals surface area (Å²) in [5.41, 5.74) is 2.40. The number of carbonyl (C=O) groups excluding carboxylic acids is 1. The lowest BCUT2D eigenvalue weighted by molar-refractivity contribution is 0.178. The number of aryl methyl sites for hydroxylation is 1. The van der Waals surface area contributed by atoms with Gasteiger partial charge in [0.1, 0.15) is 0 Å². The van der Waals surface area contributed by atoms with Crippen LogP contribution in [-0.4, -0.2) is 40.0 Å². The molecule has 0 aliphatic heterocycles. The Labute approximate surface area is 131 Å². The summed E-state index contributed by atoms with van der Waals surface area (Å²) in [4.78, 5) is 12.3. The first-order valence-corrected chi connectivity index (χ1v) is 8.45. The predicted octanol–water partition coefficient (Wildman–Crippen LogP) is 1.51. The summed E-state index contributed by atoms with van der Waals surface area (Å²) < 4.78 is 0. The Morgan fingerprint density at radius 3 is 3.00 bits per heavy atom. The van der Waals surface area contributed by atoms with Crippen LogP contribution >= 0.6 is 0 Å². The number of urea groups is 1. The van der Waals surface area contributed by atoms with Crippen molar-refractivity contribution in [2.75, 3.05) is 6.61 Å². The van der Waals surface area contributed by atoms with E-state index in [-0.39, 0.29) is 30.6 Å². The van der Waals surface area contributed by atoms with Crippen molar-refractivity contribution >= 4 is 6.03 Å². The molecule has 0 radical (unpaired) electrons. The van der Waals surface area contributed by atoms with E-state index in [0.717, 1.165) is 44.9 Å². The van der Waals surface area contributed by atoms with Gasteiger partial charge in [0.05, 0.1) is 6.20 Å². The molecule has 0 bridgehead atoms. The van der Waals surface area contributed by atoms with Crippen molar-refractivity contribution in [2.45, 2.75) is 63.5 Å². The number of hydrogen-bond acceptors (Lipinski definition) is 3. The summed E-state index contributed by atoms with van der Waals surface area (Å²) >= 11 is 0. The summed E-state index contributed by atoms with van der Waals surface area (Å²) in [6, 6.07) is 0.173. The molecular formula is C16H26N4O2. The highest BCUT2D eigenvalue weighted by molar-refractivity contribution is 5.74. The van der Waals surface area contributed by atoms with Crippen LogP contribution in [0.25, 0.3) is 0 Å². The minimum atomic E-state index is -0.0951. The Morgan fingerprint density at radius 2 is 2.14 bits per heavy atom. The molecule has 0 spiro atoms. The molecule has 22 heavy (non-hydrogen) atoms. The fourth-order valence-electron chi connectivity index (χ4n) is 3.73. The molecule has 1 heterocycles. The maximum atomic E-state index is 12.3. The molecule has 3 unspecified atom stereocenters. The highest BCUT2D eigenvalue weighted by Gasteiger charge is 2.26. The second-order valence-electron chi connectivity index (χ2n) is 6.62. The molecule has 2 amide bonds. The number of aliphatic hydroxyl groups excluding tert-OH is 1. The molecule has 0 saturated heterocycles. The number of aromatic amines is 1. The van der Waals surface area contributed by atoms with E-state index in [1.807, 2.05) is 6.20 Å². The molecule has 1 aromatic rings. The lowest BCUT2D eigenvalue weighted by Crippen LogP contribution is -2.50. The van der Waals surface area contributed by atoms with Gasteiger partial charge in [-0.1, -0.05) is 19.3 Å². The third kappa shape index (κ3) is 3.61. The standard InChI is InChI=1S/C16H26N4O2/c21-10-11-4-2-1-3-5-14(11)19-16(22)18-13-6-7-15-12(8-13)9-17-20-15/h9,11,13-14,21H,1-8,10H2,(H,17,20)(H2,18,19,22). The molecule has 4 N–H and O–H groups in total. The number of aromatic nitrogens is 2. The van der Waals surface area contributed by atoms with Crippen LogP contribution in [0.3, 0.4) is 0 Å². The molecule has 2 aliphatic rings. The van der Waals surface area contributed by atoms with Gasteiger partial charge in [-0.3, -0.25) is 5.10 Å².